The zero-order chi connectivity index (χ0) is 48.2. The fourth-order valence-electron chi connectivity index (χ4n) is 12.3. The molecule has 368 valence electrons. The molecule has 0 radical (unpaired) electrons. The molecule has 69 heavy (non-hydrogen) atoms. The third kappa shape index (κ3) is 9.05. The predicted octanol–water partition coefficient (Wildman–Crippen LogP) is 6.93. The number of nitrogens with zero attached hydrogens (tertiary/aromatic N) is 7. The largest absolute Gasteiger partial charge is 0.496 e. The first-order valence-corrected chi connectivity index (χ1v) is 25.9. The molecule has 1 spiro atoms. The number of ether oxygens (including phenoxy) is 2. The van der Waals surface area contributed by atoms with Crippen molar-refractivity contribution in [2.45, 2.75) is 110 Å². The van der Waals surface area contributed by atoms with Crippen LogP contribution >= 0.6 is 0 Å². The van der Waals surface area contributed by atoms with Crippen LogP contribution in [0.15, 0.2) is 53.6 Å². The number of rotatable bonds is 14. The molecule has 10 rings (SSSR count). The van der Waals surface area contributed by atoms with Crippen LogP contribution in [0.2, 0.25) is 0 Å². The number of pyridine rings is 2. The molecular formula is C55H73N8O6+. The number of nitrogens with one attached hydrogen (secondary N) is 1. The van der Waals surface area contributed by atoms with E-state index in [1.807, 2.05) is 20.2 Å². The normalized spacial score (nSPS) is 23.4. The Labute approximate surface area is 407 Å². The Hall–Kier alpha value is -5.31. The highest BCUT2D eigenvalue weighted by Crippen LogP contribution is 2.45. The van der Waals surface area contributed by atoms with Crippen LogP contribution in [0.3, 0.4) is 0 Å². The van der Waals surface area contributed by atoms with Crippen LogP contribution < -0.4 is 30.1 Å². The van der Waals surface area contributed by atoms with E-state index in [1.165, 1.54) is 12.8 Å². The van der Waals surface area contributed by atoms with Gasteiger partial charge in [-0.3, -0.25) is 29.4 Å². The smallest absolute Gasteiger partial charge is 0.284 e. The van der Waals surface area contributed by atoms with Crippen molar-refractivity contribution in [2.75, 3.05) is 88.9 Å². The summed E-state index contributed by atoms with van der Waals surface area (Å²) in [5, 5.41) is 4.02. The first kappa shape index (κ1) is 47.4. The molecule has 2 amide bonds. The molecule has 1 unspecified atom stereocenters. The molecule has 2 atom stereocenters. The Balaban J connectivity index is 0.761. The summed E-state index contributed by atoms with van der Waals surface area (Å²) in [5.41, 5.74) is 5.86. The maximum atomic E-state index is 13.7. The minimum absolute atomic E-state index is 0.0584. The van der Waals surface area contributed by atoms with E-state index in [2.05, 4.69) is 87.1 Å². The van der Waals surface area contributed by atoms with Gasteiger partial charge in [-0.2, -0.15) is 0 Å². The number of quaternary nitrogens is 1. The molecule has 6 aliphatic heterocycles. The zero-order valence-corrected chi connectivity index (χ0v) is 41.9. The summed E-state index contributed by atoms with van der Waals surface area (Å²) in [4.78, 5) is 66.6. The number of ketones is 1. The number of methoxy groups -OCH3 is 1. The Kier molecular flexibility index (Phi) is 12.9. The number of hydrogen-bond acceptors (Lipinski definition) is 11. The van der Waals surface area contributed by atoms with E-state index < -0.39 is 0 Å². The van der Waals surface area contributed by atoms with Crippen LogP contribution in [-0.4, -0.2) is 132 Å². The van der Waals surface area contributed by atoms with Gasteiger partial charge in [0.2, 0.25) is 11.7 Å². The number of carbonyl (C=O) groups is 3. The number of benzene rings is 2. The molecule has 6 aliphatic rings. The van der Waals surface area contributed by atoms with E-state index in [4.69, 9.17) is 9.47 Å². The number of Topliss-reactive ketones (excluding diaryl/α,β-unsaturated/α-hetero) is 1. The van der Waals surface area contributed by atoms with Gasteiger partial charge < -0.3 is 33.2 Å². The maximum absolute atomic E-state index is 13.7. The second-order valence-electron chi connectivity index (χ2n) is 21.8. The molecule has 4 aromatic rings. The molecule has 1 N–H and O–H groups in total. The topological polar surface area (TPSA) is 130 Å². The number of imide groups is 1. The van der Waals surface area contributed by atoms with Gasteiger partial charge in [0.15, 0.2) is 6.04 Å². The van der Waals surface area contributed by atoms with E-state index in [-0.39, 0.29) is 34.8 Å². The monoisotopic (exact) mass is 942 g/mol. The average Bonchev–Trinajstić information content (AvgIpc) is 3.32. The number of likely N-dealkylation sites (N-methyl/N-ethyl adjacent to an activating group) is 1. The van der Waals surface area contributed by atoms with Gasteiger partial charge in [0, 0.05) is 105 Å². The molecule has 2 aromatic carbocycles. The van der Waals surface area contributed by atoms with Gasteiger partial charge in [0.25, 0.3) is 11.5 Å². The van der Waals surface area contributed by atoms with Gasteiger partial charge in [-0.1, -0.05) is 19.9 Å². The lowest BCUT2D eigenvalue weighted by molar-refractivity contribution is -0.947. The third-order valence-electron chi connectivity index (χ3n) is 17.6. The fraction of sp³-hybridized carbons (Fsp3) is 0.582. The van der Waals surface area contributed by atoms with Crippen molar-refractivity contribution in [3.8, 4) is 22.6 Å². The number of amides is 2. The third-order valence-corrected chi connectivity index (χ3v) is 17.6. The number of aromatic nitrogens is 2. The van der Waals surface area contributed by atoms with Crippen molar-refractivity contribution in [3.05, 3.63) is 75.8 Å². The van der Waals surface area contributed by atoms with Gasteiger partial charge >= 0.3 is 0 Å². The second-order valence-corrected chi connectivity index (χ2v) is 21.8. The summed E-state index contributed by atoms with van der Waals surface area (Å²) in [7, 11) is 3.56. The highest BCUT2D eigenvalue weighted by Gasteiger charge is 2.49. The van der Waals surface area contributed by atoms with Crippen molar-refractivity contribution in [1.82, 2.24) is 24.7 Å². The maximum Gasteiger partial charge on any atom is 0.284 e. The molecular weight excluding hydrogens is 869 g/mol. The molecule has 2 aromatic heterocycles. The molecule has 5 fully saturated rings. The summed E-state index contributed by atoms with van der Waals surface area (Å²) in [6.45, 7) is 20.4. The lowest BCUT2D eigenvalue weighted by Gasteiger charge is -2.55. The van der Waals surface area contributed by atoms with Gasteiger partial charge in [-0.25, -0.2) is 4.98 Å². The SMILES string of the molecule is CCC(C)(CC)Oc1cc(-c2cn(C)c(=O)c3cnc(N4CCC4)cc23)cc(OC)c1CN1CCC(CN2CCC3(CC2)CN(c2ccc4c(c2)C(=O)C[N+](CC)([C@H]2CCC(=O)NC2=O)C4)C3)CC1. The highest BCUT2D eigenvalue weighted by atomic mass is 16.5. The van der Waals surface area contributed by atoms with Crippen molar-refractivity contribution in [3.63, 3.8) is 0 Å². The molecule has 14 nitrogen and oxygen atoms in total. The lowest BCUT2D eigenvalue weighted by atomic mass is 9.71. The minimum Gasteiger partial charge on any atom is -0.496 e. The van der Waals surface area contributed by atoms with Crippen LogP contribution in [0.4, 0.5) is 11.5 Å². The van der Waals surface area contributed by atoms with Crippen LogP contribution in [0.1, 0.15) is 107 Å². The first-order valence-electron chi connectivity index (χ1n) is 25.9. The lowest BCUT2D eigenvalue weighted by Crippen LogP contribution is -2.65. The summed E-state index contributed by atoms with van der Waals surface area (Å²) < 4.78 is 15.3. The molecule has 5 saturated heterocycles. The van der Waals surface area contributed by atoms with Gasteiger partial charge in [-0.15, -0.1) is 0 Å². The van der Waals surface area contributed by atoms with E-state index in [1.54, 1.807) is 17.9 Å². The van der Waals surface area contributed by atoms with E-state index >= 15 is 0 Å². The number of aryl methyl sites for hydroxylation is 1. The quantitative estimate of drug-likeness (QED) is 0.104. The van der Waals surface area contributed by atoms with Crippen LogP contribution in [-0.2, 0) is 29.7 Å². The number of carbonyl (C=O) groups excluding carboxylic acids is 3. The summed E-state index contributed by atoms with van der Waals surface area (Å²) >= 11 is 0. The minimum atomic E-state index is -0.374. The molecule has 0 saturated carbocycles. The molecule has 8 heterocycles. The Bertz CT molecular complexity index is 2690. The number of hydrogen-bond donors (Lipinski definition) is 1. The van der Waals surface area contributed by atoms with Crippen molar-refractivity contribution in [2.24, 2.45) is 18.4 Å². The summed E-state index contributed by atoms with van der Waals surface area (Å²) in [5.74, 6) is 2.86. The molecule has 14 heteroatoms. The van der Waals surface area contributed by atoms with Crippen molar-refractivity contribution in [1.29, 1.82) is 0 Å². The Morgan fingerprint density at radius 3 is 2.25 bits per heavy atom. The molecule has 0 aliphatic carbocycles. The average molecular weight is 942 g/mol. The van der Waals surface area contributed by atoms with Crippen molar-refractivity contribution >= 4 is 39.9 Å². The molecule has 0 bridgehead atoms. The number of piperidine rings is 3. The highest BCUT2D eigenvalue weighted by molar-refractivity contribution is 6.02. The summed E-state index contributed by atoms with van der Waals surface area (Å²) in [6.07, 6.45) is 12.1. The Morgan fingerprint density at radius 1 is 0.841 bits per heavy atom. The van der Waals surface area contributed by atoms with Crippen molar-refractivity contribution < 1.29 is 28.3 Å². The van der Waals surface area contributed by atoms with Gasteiger partial charge in [-0.05, 0) is 127 Å². The van der Waals surface area contributed by atoms with Crippen LogP contribution in [0.25, 0.3) is 21.9 Å². The first-order chi connectivity index (χ1) is 33.2. The Morgan fingerprint density at radius 2 is 1.58 bits per heavy atom. The summed E-state index contributed by atoms with van der Waals surface area (Å²) in [6, 6.07) is 12.4. The van der Waals surface area contributed by atoms with E-state index in [9.17, 15) is 19.2 Å². The fourth-order valence-corrected chi connectivity index (χ4v) is 12.3. The zero-order valence-electron chi connectivity index (χ0n) is 41.9. The van der Waals surface area contributed by atoms with Gasteiger partial charge in [0.05, 0.1) is 24.6 Å². The van der Waals surface area contributed by atoms with Gasteiger partial charge in [0.1, 0.15) is 36.0 Å². The van der Waals surface area contributed by atoms with Crippen LogP contribution in [0.5, 0.6) is 11.5 Å². The number of likely N-dealkylation sites (tertiary alicyclic amines) is 2. The van der Waals surface area contributed by atoms with E-state index in [0.717, 1.165) is 154 Å². The number of anilines is 2. The number of fused-ring (bicyclic) bond motifs is 2. The standard InChI is InChI=1S/C55H72N8O6/c1-7-54(4,8-2)69-49-26-39(44-31-58(5)53(67)43-29-56-50(28-42(43)44)61-19-10-20-61)25-48(68-6)45(49)32-59-21-15-37(16-22-59)30-60-23-17-55(18-24-60)35-62(36-55)40-12-11-38-33-63(9-3,34-47(64)41(38)27-40)46-13-14-51(65)57-52(46)66/h11-12,25-29,31,37,46H,7-10,13-24,30,32-36H2,1-6H3/p+1/t46-,63?/m0/s1. The predicted molar refractivity (Wildman–Crippen MR) is 270 cm³/mol. The van der Waals surface area contributed by atoms with Crippen LogP contribution in [0, 0.1) is 11.3 Å². The van der Waals surface area contributed by atoms with E-state index in [0.29, 0.717) is 53.7 Å². The second kappa shape index (κ2) is 18.8.